The van der Waals surface area contributed by atoms with Gasteiger partial charge in [0.1, 0.15) is 12.0 Å². The molecule has 1 fully saturated rings. The molecule has 146 valence electrons. The third-order valence-corrected chi connectivity index (χ3v) is 5.85. The van der Waals surface area contributed by atoms with Crippen molar-refractivity contribution in [3.63, 3.8) is 0 Å². The Morgan fingerprint density at radius 2 is 2.07 bits per heavy atom. The van der Waals surface area contributed by atoms with Crippen LogP contribution in [0.1, 0.15) is 55.8 Å². The van der Waals surface area contributed by atoms with Gasteiger partial charge < -0.3 is 9.09 Å². The van der Waals surface area contributed by atoms with Crippen molar-refractivity contribution in [2.24, 2.45) is 0 Å². The molecule has 1 aliphatic heterocycles. The molecule has 4 heterocycles. The van der Waals surface area contributed by atoms with Gasteiger partial charge in [0, 0.05) is 40.7 Å². The summed E-state index contributed by atoms with van der Waals surface area (Å²) >= 11 is 6.34. The number of imidazole rings is 1. The number of halogens is 1. The van der Waals surface area contributed by atoms with Gasteiger partial charge in [0.15, 0.2) is 0 Å². The second-order valence-corrected chi connectivity index (χ2v) is 8.49. The van der Waals surface area contributed by atoms with Gasteiger partial charge in [-0.05, 0) is 44.9 Å². The summed E-state index contributed by atoms with van der Waals surface area (Å²) in [6.07, 6.45) is 6.86. The molecular formula is C21H19ClN6O. The van der Waals surface area contributed by atoms with E-state index in [0.717, 1.165) is 52.6 Å². The topological polar surface area (TPSA) is 74.6 Å². The molecule has 6 rings (SSSR count). The summed E-state index contributed by atoms with van der Waals surface area (Å²) in [4.78, 5) is 9.27. The summed E-state index contributed by atoms with van der Waals surface area (Å²) in [6.45, 7) is 4.25. The van der Waals surface area contributed by atoms with Gasteiger partial charge in [-0.1, -0.05) is 16.8 Å². The van der Waals surface area contributed by atoms with Gasteiger partial charge in [-0.25, -0.2) is 4.98 Å². The average Bonchev–Trinajstić information content (AvgIpc) is 3.13. The quantitative estimate of drug-likeness (QED) is 0.430. The van der Waals surface area contributed by atoms with Crippen molar-refractivity contribution in [1.82, 2.24) is 29.5 Å². The lowest BCUT2D eigenvalue weighted by molar-refractivity contribution is 0.380. The first-order valence-corrected chi connectivity index (χ1v) is 10.2. The van der Waals surface area contributed by atoms with E-state index in [2.05, 4.69) is 39.7 Å². The van der Waals surface area contributed by atoms with Crippen LogP contribution in [0.3, 0.4) is 0 Å². The fourth-order valence-corrected chi connectivity index (χ4v) is 4.08. The molecule has 2 aliphatic rings. The molecule has 3 aromatic heterocycles. The number of benzene rings is 1. The van der Waals surface area contributed by atoms with E-state index in [1.165, 1.54) is 0 Å². The van der Waals surface area contributed by atoms with Gasteiger partial charge in [-0.15, -0.1) is 0 Å². The highest BCUT2D eigenvalue weighted by Crippen LogP contribution is 2.41. The van der Waals surface area contributed by atoms with Gasteiger partial charge in [0.2, 0.25) is 11.7 Å². The first kappa shape index (κ1) is 17.0. The highest BCUT2D eigenvalue weighted by atomic mass is 35.5. The lowest BCUT2D eigenvalue weighted by Crippen LogP contribution is -2.03. The minimum Gasteiger partial charge on any atom is -0.339 e. The second kappa shape index (κ2) is 6.03. The van der Waals surface area contributed by atoms with Gasteiger partial charge >= 0.3 is 0 Å². The molecule has 4 aromatic rings. The smallest absolute Gasteiger partial charge is 0.230 e. The minimum atomic E-state index is 0.271. The minimum absolute atomic E-state index is 0.271. The van der Waals surface area contributed by atoms with E-state index >= 15 is 0 Å². The van der Waals surface area contributed by atoms with Crippen LogP contribution in [0.4, 0.5) is 0 Å². The predicted octanol–water partition coefficient (Wildman–Crippen LogP) is 4.80. The second-order valence-electron chi connectivity index (χ2n) is 8.06. The van der Waals surface area contributed by atoms with E-state index < -0.39 is 0 Å². The molecule has 0 radical (unpaired) electrons. The molecule has 0 atom stereocenters. The summed E-state index contributed by atoms with van der Waals surface area (Å²) in [6, 6.07) is 6.16. The van der Waals surface area contributed by atoms with Crippen molar-refractivity contribution in [1.29, 1.82) is 0 Å². The number of nitrogens with zero attached hydrogens (tertiary/aromatic N) is 6. The Morgan fingerprint density at radius 1 is 1.21 bits per heavy atom. The van der Waals surface area contributed by atoms with Crippen LogP contribution in [0.25, 0.3) is 28.5 Å². The highest BCUT2D eigenvalue weighted by Gasteiger charge is 2.32. The molecule has 29 heavy (non-hydrogen) atoms. The molecule has 1 aliphatic carbocycles. The molecule has 0 unspecified atom stereocenters. The standard InChI is InChI=1S/C21H19ClN6O/c1-11(2)28-9-13-7-17-19(20-24-21(29-26-20)12-3-4-12)23-10-27(17)16-6-5-14(22)8-15(16)18(13)25-28/h5-6,8-12H,3-4,7H2,1-2H3. The Kier molecular flexibility index (Phi) is 3.53. The van der Waals surface area contributed by atoms with Crippen molar-refractivity contribution in [2.45, 2.75) is 45.1 Å². The maximum absolute atomic E-state index is 6.34. The van der Waals surface area contributed by atoms with Crippen molar-refractivity contribution in [3.8, 4) is 28.5 Å². The average molecular weight is 407 g/mol. The molecule has 0 amide bonds. The fourth-order valence-electron chi connectivity index (χ4n) is 3.90. The van der Waals surface area contributed by atoms with Crippen LogP contribution in [-0.4, -0.2) is 29.5 Å². The van der Waals surface area contributed by atoms with Gasteiger partial charge in [-0.2, -0.15) is 10.1 Å². The van der Waals surface area contributed by atoms with Crippen LogP contribution in [0, 0.1) is 0 Å². The number of aromatic nitrogens is 6. The SMILES string of the molecule is CC(C)n1cc2c(n1)-c1cc(Cl)ccc1-n1cnc(-c3noc(C4CC4)n3)c1C2. The lowest BCUT2D eigenvalue weighted by Gasteiger charge is -2.10. The molecule has 0 N–H and O–H groups in total. The van der Waals surface area contributed by atoms with Crippen molar-refractivity contribution < 1.29 is 4.52 Å². The molecule has 7 nitrogen and oxygen atoms in total. The number of rotatable bonds is 3. The van der Waals surface area contributed by atoms with Gasteiger partial charge in [0.25, 0.3) is 0 Å². The maximum Gasteiger partial charge on any atom is 0.230 e. The van der Waals surface area contributed by atoms with E-state index in [0.29, 0.717) is 23.2 Å². The van der Waals surface area contributed by atoms with Crippen LogP contribution in [0.2, 0.25) is 5.02 Å². The molecule has 0 saturated heterocycles. The zero-order chi connectivity index (χ0) is 19.7. The molecular weight excluding hydrogens is 388 g/mol. The summed E-state index contributed by atoms with van der Waals surface area (Å²) in [7, 11) is 0. The maximum atomic E-state index is 6.34. The predicted molar refractivity (Wildman–Crippen MR) is 108 cm³/mol. The summed E-state index contributed by atoms with van der Waals surface area (Å²) in [5.41, 5.74) is 5.87. The Bertz CT molecular complexity index is 1250. The normalized spacial score (nSPS) is 15.2. The first-order valence-electron chi connectivity index (χ1n) is 9.87. The summed E-state index contributed by atoms with van der Waals surface area (Å²) in [5, 5.41) is 9.77. The van der Waals surface area contributed by atoms with Crippen molar-refractivity contribution in [2.75, 3.05) is 0 Å². The Hall–Kier alpha value is -2.93. The van der Waals surface area contributed by atoms with E-state index in [-0.39, 0.29) is 6.04 Å². The monoisotopic (exact) mass is 406 g/mol. The lowest BCUT2D eigenvalue weighted by atomic mass is 10.0. The van der Waals surface area contributed by atoms with Crippen LogP contribution in [-0.2, 0) is 6.42 Å². The van der Waals surface area contributed by atoms with Crippen LogP contribution in [0.15, 0.2) is 35.2 Å². The van der Waals surface area contributed by atoms with E-state index in [4.69, 9.17) is 21.2 Å². The van der Waals surface area contributed by atoms with Gasteiger partial charge in [0.05, 0.1) is 17.1 Å². The Morgan fingerprint density at radius 3 is 2.86 bits per heavy atom. The number of fused-ring (bicyclic) bond motifs is 5. The molecule has 0 bridgehead atoms. The van der Waals surface area contributed by atoms with Crippen LogP contribution < -0.4 is 0 Å². The molecule has 1 aromatic carbocycles. The van der Waals surface area contributed by atoms with Crippen molar-refractivity contribution in [3.05, 3.63) is 52.9 Å². The van der Waals surface area contributed by atoms with Crippen LogP contribution in [0.5, 0.6) is 0 Å². The number of hydrogen-bond donors (Lipinski definition) is 0. The molecule has 8 heteroatoms. The van der Waals surface area contributed by atoms with E-state index in [1.54, 1.807) is 0 Å². The zero-order valence-corrected chi connectivity index (χ0v) is 16.9. The molecule has 0 spiro atoms. The number of hydrogen-bond acceptors (Lipinski definition) is 5. The van der Waals surface area contributed by atoms with Gasteiger partial charge in [-0.3, -0.25) is 4.68 Å². The third kappa shape index (κ3) is 2.64. The fraction of sp³-hybridized carbons (Fsp3) is 0.333. The third-order valence-electron chi connectivity index (χ3n) is 5.61. The van der Waals surface area contributed by atoms with E-state index in [1.807, 2.05) is 29.2 Å². The zero-order valence-electron chi connectivity index (χ0n) is 16.1. The highest BCUT2D eigenvalue weighted by molar-refractivity contribution is 6.31. The first-order chi connectivity index (χ1) is 14.1. The molecule has 1 saturated carbocycles. The Labute approximate surface area is 172 Å². The summed E-state index contributed by atoms with van der Waals surface area (Å²) in [5.74, 6) is 1.68. The van der Waals surface area contributed by atoms with E-state index in [9.17, 15) is 0 Å². The Balaban J connectivity index is 1.56. The largest absolute Gasteiger partial charge is 0.339 e. The van der Waals surface area contributed by atoms with Crippen molar-refractivity contribution >= 4 is 11.6 Å². The summed E-state index contributed by atoms with van der Waals surface area (Å²) < 4.78 is 9.57. The van der Waals surface area contributed by atoms with Crippen LogP contribution >= 0.6 is 11.6 Å².